The number of hydrogen-bond donors (Lipinski definition) is 2. The second kappa shape index (κ2) is 8.30. The van der Waals surface area contributed by atoms with Gasteiger partial charge in [0.25, 0.3) is 17.5 Å². The summed E-state index contributed by atoms with van der Waals surface area (Å²) in [6.07, 6.45) is -10.4. The summed E-state index contributed by atoms with van der Waals surface area (Å²) >= 11 is 0. The molecule has 176 valence electrons. The summed E-state index contributed by atoms with van der Waals surface area (Å²) < 4.78 is 85.4. The Morgan fingerprint density at radius 1 is 1.06 bits per heavy atom. The lowest BCUT2D eigenvalue weighted by atomic mass is 10.1. The van der Waals surface area contributed by atoms with E-state index in [0.717, 1.165) is 12.1 Å². The van der Waals surface area contributed by atoms with Crippen LogP contribution in [0, 0.1) is 0 Å². The Morgan fingerprint density at radius 2 is 1.70 bits per heavy atom. The van der Waals surface area contributed by atoms with Gasteiger partial charge in [0.05, 0.1) is 19.2 Å². The second-order valence-corrected chi connectivity index (χ2v) is 6.95. The number of ether oxygens (including phenoxy) is 1. The highest BCUT2D eigenvalue weighted by molar-refractivity contribution is 6.10. The van der Waals surface area contributed by atoms with E-state index in [4.69, 9.17) is 4.74 Å². The fraction of sp³-hybridized carbons (Fsp3) is 0.250. The number of imide groups is 1. The number of nitrogens with one attached hydrogen (secondary N) is 2. The van der Waals surface area contributed by atoms with Crippen LogP contribution >= 0.6 is 0 Å². The summed E-state index contributed by atoms with van der Waals surface area (Å²) in [6, 6.07) is 6.90. The van der Waals surface area contributed by atoms with Crippen LogP contribution in [0.25, 0.3) is 0 Å². The van der Waals surface area contributed by atoms with Crippen molar-refractivity contribution >= 4 is 17.8 Å². The number of nitrogens with zero attached hydrogens (tertiary/aromatic N) is 1. The van der Waals surface area contributed by atoms with E-state index >= 15 is 0 Å². The summed E-state index contributed by atoms with van der Waals surface area (Å²) in [6.45, 7) is -0.564. The molecule has 1 unspecified atom stereocenters. The van der Waals surface area contributed by atoms with Gasteiger partial charge in [0.1, 0.15) is 5.75 Å². The molecule has 1 saturated heterocycles. The molecule has 1 atom stereocenters. The Morgan fingerprint density at radius 3 is 2.24 bits per heavy atom. The number of rotatable bonds is 5. The third-order valence-corrected chi connectivity index (χ3v) is 4.78. The highest BCUT2D eigenvalue weighted by Gasteiger charge is 2.68. The lowest BCUT2D eigenvalue weighted by Crippen LogP contribution is -2.69. The van der Waals surface area contributed by atoms with E-state index in [1.165, 1.54) is 42.0 Å². The van der Waals surface area contributed by atoms with E-state index in [-0.39, 0.29) is 10.5 Å². The minimum Gasteiger partial charge on any atom is -0.497 e. The summed E-state index contributed by atoms with van der Waals surface area (Å²) in [7, 11) is 1.39. The highest BCUT2D eigenvalue weighted by Crippen LogP contribution is 2.35. The second-order valence-electron chi connectivity index (χ2n) is 6.95. The first kappa shape index (κ1) is 23.9. The number of halogens is 6. The number of amides is 4. The molecule has 3 rings (SSSR count). The smallest absolute Gasteiger partial charge is 0.440 e. The SMILES string of the molecule is COc1ccc(CN2C(=O)NC(NC(=O)c3cccc(C(F)(F)F)c3)(C(F)(F)F)C2=O)cc1. The van der Waals surface area contributed by atoms with Crippen molar-refractivity contribution in [2.75, 3.05) is 7.11 Å². The fourth-order valence-corrected chi connectivity index (χ4v) is 3.06. The molecule has 0 bridgehead atoms. The number of carbonyl (C=O) groups excluding carboxylic acids is 3. The number of carbonyl (C=O) groups is 3. The molecule has 0 spiro atoms. The Balaban J connectivity index is 1.90. The molecular weight excluding hydrogens is 460 g/mol. The van der Waals surface area contributed by atoms with Crippen LogP contribution in [-0.2, 0) is 17.5 Å². The minimum atomic E-state index is -5.51. The predicted octanol–water partition coefficient (Wildman–Crippen LogP) is 3.45. The number of benzene rings is 2. The van der Waals surface area contributed by atoms with E-state index in [9.17, 15) is 40.7 Å². The maximum atomic E-state index is 13.9. The van der Waals surface area contributed by atoms with E-state index < -0.39 is 53.5 Å². The number of methoxy groups -OCH3 is 1. The quantitative estimate of drug-likeness (QED) is 0.513. The third kappa shape index (κ3) is 4.56. The normalized spacial score (nSPS) is 18.8. The topological polar surface area (TPSA) is 87.7 Å². The van der Waals surface area contributed by atoms with Gasteiger partial charge in [-0.05, 0) is 35.9 Å². The summed E-state index contributed by atoms with van der Waals surface area (Å²) in [4.78, 5) is 37.6. The minimum absolute atomic E-state index is 0.238. The van der Waals surface area contributed by atoms with Crippen LogP contribution in [0.15, 0.2) is 48.5 Å². The molecule has 0 saturated carbocycles. The van der Waals surface area contributed by atoms with Gasteiger partial charge < -0.3 is 10.1 Å². The molecular formula is C20H15F6N3O4. The van der Waals surface area contributed by atoms with Crippen molar-refractivity contribution in [1.82, 2.24) is 15.5 Å². The molecule has 1 aliphatic rings. The van der Waals surface area contributed by atoms with Gasteiger partial charge in [0.2, 0.25) is 0 Å². The van der Waals surface area contributed by atoms with Crippen LogP contribution in [-0.4, -0.2) is 41.7 Å². The molecule has 0 radical (unpaired) electrons. The largest absolute Gasteiger partial charge is 0.497 e. The Bertz CT molecular complexity index is 1080. The molecule has 7 nitrogen and oxygen atoms in total. The molecule has 0 aliphatic carbocycles. The summed E-state index contributed by atoms with van der Waals surface area (Å²) in [5, 5.41) is 2.80. The van der Waals surface area contributed by atoms with Gasteiger partial charge in [-0.2, -0.15) is 26.3 Å². The summed E-state index contributed by atoms with van der Waals surface area (Å²) in [5.74, 6) is -3.05. The van der Waals surface area contributed by atoms with Gasteiger partial charge in [-0.3, -0.25) is 19.8 Å². The van der Waals surface area contributed by atoms with E-state index in [1.807, 2.05) is 0 Å². The van der Waals surface area contributed by atoms with Crippen LogP contribution < -0.4 is 15.4 Å². The highest BCUT2D eigenvalue weighted by atomic mass is 19.4. The maximum absolute atomic E-state index is 13.9. The molecule has 1 fully saturated rings. The van der Waals surface area contributed by atoms with Crippen molar-refractivity contribution in [1.29, 1.82) is 0 Å². The first-order valence-corrected chi connectivity index (χ1v) is 9.12. The lowest BCUT2D eigenvalue weighted by molar-refractivity contribution is -0.200. The predicted molar refractivity (Wildman–Crippen MR) is 99.8 cm³/mol. The van der Waals surface area contributed by atoms with Gasteiger partial charge in [0.15, 0.2) is 0 Å². The average Bonchev–Trinajstić information content (AvgIpc) is 2.98. The van der Waals surface area contributed by atoms with Crippen LogP contribution in [0.2, 0.25) is 0 Å². The summed E-state index contributed by atoms with van der Waals surface area (Å²) in [5.41, 5.74) is -5.65. The zero-order valence-corrected chi connectivity index (χ0v) is 16.7. The van der Waals surface area contributed by atoms with Crippen molar-refractivity contribution in [2.45, 2.75) is 24.6 Å². The molecule has 13 heteroatoms. The Labute approximate surface area is 182 Å². The fourth-order valence-electron chi connectivity index (χ4n) is 3.06. The molecule has 2 aromatic rings. The van der Waals surface area contributed by atoms with E-state index in [1.54, 1.807) is 0 Å². The molecule has 4 amide bonds. The van der Waals surface area contributed by atoms with Crippen molar-refractivity contribution in [3.8, 4) is 5.75 Å². The van der Waals surface area contributed by atoms with Crippen LogP contribution in [0.1, 0.15) is 21.5 Å². The van der Waals surface area contributed by atoms with Crippen LogP contribution in [0.5, 0.6) is 5.75 Å². The third-order valence-electron chi connectivity index (χ3n) is 4.78. The van der Waals surface area contributed by atoms with Crippen molar-refractivity contribution in [2.24, 2.45) is 0 Å². The van der Waals surface area contributed by atoms with E-state index in [2.05, 4.69) is 0 Å². The van der Waals surface area contributed by atoms with Gasteiger partial charge >= 0.3 is 18.4 Å². The molecule has 1 heterocycles. The lowest BCUT2D eigenvalue weighted by Gasteiger charge is -2.30. The number of hydrogen-bond acceptors (Lipinski definition) is 4. The maximum Gasteiger partial charge on any atom is 0.440 e. The molecule has 2 N–H and O–H groups in total. The van der Waals surface area contributed by atoms with E-state index in [0.29, 0.717) is 17.9 Å². The first-order valence-electron chi connectivity index (χ1n) is 9.12. The van der Waals surface area contributed by atoms with Crippen LogP contribution in [0.4, 0.5) is 31.1 Å². The molecule has 0 aromatic heterocycles. The number of alkyl halides is 6. The molecule has 1 aliphatic heterocycles. The van der Waals surface area contributed by atoms with Crippen molar-refractivity contribution in [3.63, 3.8) is 0 Å². The standard InChI is InChI=1S/C20H15F6N3O4/c1-33-14-7-5-11(6-8-14)10-29-16(31)18(20(24,25)26,28-17(29)32)27-15(30)12-3-2-4-13(9-12)19(21,22)23/h2-9H,10H2,1H3,(H,27,30)(H,28,32). The first-order chi connectivity index (χ1) is 15.3. The molecule has 2 aromatic carbocycles. The van der Waals surface area contributed by atoms with Crippen LogP contribution in [0.3, 0.4) is 0 Å². The van der Waals surface area contributed by atoms with Gasteiger partial charge in [-0.15, -0.1) is 0 Å². The zero-order valence-electron chi connectivity index (χ0n) is 16.7. The average molecular weight is 475 g/mol. The van der Waals surface area contributed by atoms with Crippen molar-refractivity contribution < 1.29 is 45.5 Å². The van der Waals surface area contributed by atoms with Gasteiger partial charge in [-0.1, -0.05) is 18.2 Å². The molecule has 33 heavy (non-hydrogen) atoms. The Hall–Kier alpha value is -3.77. The number of urea groups is 1. The van der Waals surface area contributed by atoms with Gasteiger partial charge in [0, 0.05) is 5.56 Å². The van der Waals surface area contributed by atoms with Gasteiger partial charge in [-0.25, -0.2) is 4.79 Å². The zero-order chi connectivity index (χ0) is 24.6. The Kier molecular flexibility index (Phi) is 6.00. The monoisotopic (exact) mass is 475 g/mol. The van der Waals surface area contributed by atoms with Crippen molar-refractivity contribution in [3.05, 3.63) is 65.2 Å².